The van der Waals surface area contributed by atoms with Gasteiger partial charge >= 0.3 is 0 Å². The Morgan fingerprint density at radius 1 is 1.73 bits per heavy atom. The molecule has 0 aromatic heterocycles. The van der Waals surface area contributed by atoms with Crippen LogP contribution in [0.1, 0.15) is 19.8 Å². The van der Waals surface area contributed by atoms with Crippen LogP contribution in [-0.4, -0.2) is 11.1 Å². The lowest BCUT2D eigenvalue weighted by molar-refractivity contribution is 0.639. The Hall–Kier alpha value is -0.0100. The minimum atomic E-state index is 0.521. The number of nitrogens with zero attached hydrogens (tertiary/aromatic N) is 1. The fourth-order valence-corrected chi connectivity index (χ4v) is 1.52. The first-order chi connectivity index (χ1) is 5.24. The topological polar surface area (TPSA) is 12.4 Å². The Balaban J connectivity index is 2.72. The molecule has 0 N–H and O–H groups in total. The number of allylic oxidation sites excluding steroid dienone is 1. The van der Waals surface area contributed by atoms with Gasteiger partial charge in [-0.3, -0.25) is 0 Å². The van der Waals surface area contributed by atoms with E-state index < -0.39 is 0 Å². The normalized spacial score (nSPS) is 25.5. The Morgan fingerprint density at radius 2 is 2.45 bits per heavy atom. The molecule has 0 bridgehead atoms. The van der Waals surface area contributed by atoms with Crippen LogP contribution in [0.15, 0.2) is 16.8 Å². The minimum Gasteiger partial charge on any atom is -0.249 e. The van der Waals surface area contributed by atoms with Gasteiger partial charge in [0.1, 0.15) is 5.17 Å². The molecular weight excluding hydrogens is 181 g/mol. The first-order valence-corrected chi connectivity index (χ1v) is 4.62. The van der Waals surface area contributed by atoms with Crippen molar-refractivity contribution in [2.45, 2.75) is 19.8 Å². The zero-order valence-electron chi connectivity index (χ0n) is 6.48. The van der Waals surface area contributed by atoms with Gasteiger partial charge in [0.05, 0.1) is 0 Å². The summed E-state index contributed by atoms with van der Waals surface area (Å²) in [6.45, 7) is 2.15. The lowest BCUT2D eigenvalue weighted by Crippen LogP contribution is -1.99. The molecule has 1 atom stereocenters. The zero-order valence-corrected chi connectivity index (χ0v) is 7.99. The highest BCUT2D eigenvalue weighted by Gasteiger charge is 2.11. The average molecular weight is 192 g/mol. The van der Waals surface area contributed by atoms with E-state index in [1.54, 1.807) is 6.20 Å². The molecular formula is C8H11Cl2N. The third kappa shape index (κ3) is 2.49. The quantitative estimate of drug-likeness (QED) is 0.565. The van der Waals surface area contributed by atoms with Crippen LogP contribution in [0.4, 0.5) is 0 Å². The highest BCUT2D eigenvalue weighted by atomic mass is 35.5. The van der Waals surface area contributed by atoms with Crippen molar-refractivity contribution in [2.75, 3.05) is 5.88 Å². The second kappa shape index (κ2) is 4.13. The molecule has 1 heterocycles. The van der Waals surface area contributed by atoms with Crippen molar-refractivity contribution in [1.82, 2.24) is 0 Å². The van der Waals surface area contributed by atoms with E-state index in [2.05, 4.69) is 11.9 Å². The van der Waals surface area contributed by atoms with Crippen LogP contribution >= 0.6 is 23.2 Å². The SMILES string of the molecule is CC1CCC(Cl)=NC=C1CCl. The van der Waals surface area contributed by atoms with Gasteiger partial charge in [-0.1, -0.05) is 18.5 Å². The van der Waals surface area contributed by atoms with Gasteiger partial charge in [-0.25, -0.2) is 4.99 Å². The van der Waals surface area contributed by atoms with E-state index in [4.69, 9.17) is 23.2 Å². The van der Waals surface area contributed by atoms with Crippen LogP contribution in [-0.2, 0) is 0 Å². The molecule has 0 radical (unpaired) electrons. The van der Waals surface area contributed by atoms with E-state index in [0.717, 1.165) is 12.8 Å². The Labute approximate surface area is 77.1 Å². The summed E-state index contributed by atoms with van der Waals surface area (Å²) in [6, 6.07) is 0. The number of rotatable bonds is 1. The molecule has 1 rings (SSSR count). The van der Waals surface area contributed by atoms with Crippen molar-refractivity contribution in [2.24, 2.45) is 10.9 Å². The smallest absolute Gasteiger partial charge is 0.106 e. The molecule has 0 amide bonds. The third-order valence-electron chi connectivity index (χ3n) is 1.94. The molecule has 0 aliphatic carbocycles. The maximum absolute atomic E-state index is 5.77. The number of hydrogen-bond donors (Lipinski definition) is 0. The standard InChI is InChI=1S/C8H11Cl2N/c1-6-2-3-8(10)11-5-7(6)4-9/h5-6H,2-4H2,1H3. The molecule has 62 valence electrons. The lowest BCUT2D eigenvalue weighted by Gasteiger charge is -2.08. The van der Waals surface area contributed by atoms with E-state index in [-0.39, 0.29) is 0 Å². The van der Waals surface area contributed by atoms with E-state index in [1.165, 1.54) is 5.57 Å². The predicted molar refractivity (Wildman–Crippen MR) is 50.5 cm³/mol. The lowest BCUT2D eigenvalue weighted by atomic mass is 9.99. The van der Waals surface area contributed by atoms with Crippen molar-refractivity contribution in [1.29, 1.82) is 0 Å². The van der Waals surface area contributed by atoms with Crippen LogP contribution in [0.5, 0.6) is 0 Å². The molecule has 1 nitrogen and oxygen atoms in total. The van der Waals surface area contributed by atoms with Gasteiger partial charge in [0.2, 0.25) is 0 Å². The molecule has 0 saturated carbocycles. The molecule has 3 heteroatoms. The molecule has 0 saturated heterocycles. The average Bonchev–Trinajstić information content (AvgIpc) is 2.15. The molecule has 0 spiro atoms. The van der Waals surface area contributed by atoms with Crippen LogP contribution in [0.25, 0.3) is 0 Å². The van der Waals surface area contributed by atoms with Crippen LogP contribution < -0.4 is 0 Å². The summed E-state index contributed by atoms with van der Waals surface area (Å²) < 4.78 is 0. The maximum Gasteiger partial charge on any atom is 0.106 e. The first-order valence-electron chi connectivity index (χ1n) is 3.71. The van der Waals surface area contributed by atoms with Gasteiger partial charge in [0.25, 0.3) is 0 Å². The van der Waals surface area contributed by atoms with E-state index in [1.807, 2.05) is 0 Å². The Morgan fingerprint density at radius 3 is 3.09 bits per heavy atom. The molecule has 1 aliphatic rings. The predicted octanol–water partition coefficient (Wildman–Crippen LogP) is 3.18. The van der Waals surface area contributed by atoms with Crippen molar-refractivity contribution in [3.05, 3.63) is 11.8 Å². The van der Waals surface area contributed by atoms with Crippen molar-refractivity contribution in [3.63, 3.8) is 0 Å². The summed E-state index contributed by atoms with van der Waals surface area (Å²) in [5, 5.41) is 0.692. The van der Waals surface area contributed by atoms with Gasteiger partial charge in [-0.2, -0.15) is 0 Å². The number of aliphatic imine (C=N–C) groups is 1. The van der Waals surface area contributed by atoms with E-state index >= 15 is 0 Å². The Kier molecular flexibility index (Phi) is 3.41. The van der Waals surface area contributed by atoms with Crippen molar-refractivity contribution >= 4 is 28.4 Å². The van der Waals surface area contributed by atoms with Gasteiger partial charge in [-0.15, -0.1) is 11.6 Å². The van der Waals surface area contributed by atoms with Gasteiger partial charge in [0.15, 0.2) is 0 Å². The van der Waals surface area contributed by atoms with Crippen LogP contribution in [0.2, 0.25) is 0 Å². The number of alkyl halides is 1. The van der Waals surface area contributed by atoms with Gasteiger partial charge < -0.3 is 0 Å². The summed E-state index contributed by atoms with van der Waals surface area (Å²) >= 11 is 11.5. The highest BCUT2D eigenvalue weighted by Crippen LogP contribution is 2.22. The van der Waals surface area contributed by atoms with Gasteiger partial charge in [-0.05, 0) is 17.9 Å². The summed E-state index contributed by atoms with van der Waals surface area (Å²) in [4.78, 5) is 4.06. The summed E-state index contributed by atoms with van der Waals surface area (Å²) in [5.41, 5.74) is 1.18. The zero-order chi connectivity index (χ0) is 8.27. The minimum absolute atomic E-state index is 0.521. The molecule has 0 fully saturated rings. The summed E-state index contributed by atoms with van der Waals surface area (Å²) in [7, 11) is 0. The highest BCUT2D eigenvalue weighted by molar-refractivity contribution is 6.65. The van der Waals surface area contributed by atoms with E-state index in [0.29, 0.717) is 17.0 Å². The maximum atomic E-state index is 5.77. The fourth-order valence-electron chi connectivity index (χ4n) is 1.03. The number of hydrogen-bond acceptors (Lipinski definition) is 1. The van der Waals surface area contributed by atoms with Crippen LogP contribution in [0.3, 0.4) is 0 Å². The largest absolute Gasteiger partial charge is 0.249 e. The number of halogens is 2. The molecule has 0 aromatic carbocycles. The van der Waals surface area contributed by atoms with E-state index in [9.17, 15) is 0 Å². The van der Waals surface area contributed by atoms with Crippen LogP contribution in [0, 0.1) is 5.92 Å². The molecule has 11 heavy (non-hydrogen) atoms. The van der Waals surface area contributed by atoms with Crippen molar-refractivity contribution < 1.29 is 0 Å². The molecule has 1 unspecified atom stereocenters. The fraction of sp³-hybridized carbons (Fsp3) is 0.625. The Bertz CT molecular complexity index is 196. The third-order valence-corrected chi connectivity index (χ3v) is 2.54. The van der Waals surface area contributed by atoms with Gasteiger partial charge in [0, 0.05) is 18.5 Å². The summed E-state index contributed by atoms with van der Waals surface area (Å²) in [6.07, 6.45) is 3.73. The molecule has 0 aromatic rings. The second-order valence-corrected chi connectivity index (χ2v) is 3.49. The second-order valence-electron chi connectivity index (χ2n) is 2.78. The molecule has 1 aliphatic heterocycles. The van der Waals surface area contributed by atoms with Crippen molar-refractivity contribution in [3.8, 4) is 0 Å². The first kappa shape index (κ1) is 9.08. The summed E-state index contributed by atoms with van der Waals surface area (Å²) in [5.74, 6) is 1.09. The monoisotopic (exact) mass is 191 g/mol.